The van der Waals surface area contributed by atoms with E-state index >= 15 is 0 Å². The van der Waals surface area contributed by atoms with E-state index in [1.54, 1.807) is 42.6 Å². The molecule has 2 aromatic rings. The summed E-state index contributed by atoms with van der Waals surface area (Å²) >= 11 is 5.20. The molecule has 5 heteroatoms. The number of benzene rings is 1. The van der Waals surface area contributed by atoms with Crippen LogP contribution in [0.2, 0.25) is 0 Å². The minimum absolute atomic E-state index is 0.380. The van der Waals surface area contributed by atoms with Crippen molar-refractivity contribution in [2.24, 2.45) is 0 Å². The summed E-state index contributed by atoms with van der Waals surface area (Å²) < 4.78 is 7.61. The van der Waals surface area contributed by atoms with Gasteiger partial charge in [0.25, 0.3) is 0 Å². The van der Waals surface area contributed by atoms with Crippen molar-refractivity contribution >= 4 is 18.2 Å². The molecule has 1 aromatic carbocycles. The number of aromatic nitrogens is 1. The average molecular weight is 329 g/mol. The number of hydrogen-bond acceptors (Lipinski definition) is 4. The zero-order chi connectivity index (χ0) is 16.7. The van der Waals surface area contributed by atoms with Gasteiger partial charge in [-0.25, -0.2) is 4.79 Å². The highest BCUT2D eigenvalue weighted by Gasteiger charge is 2.23. The van der Waals surface area contributed by atoms with E-state index in [0.717, 1.165) is 0 Å². The van der Waals surface area contributed by atoms with Crippen molar-refractivity contribution in [3.63, 3.8) is 0 Å². The molecule has 2 rings (SSSR count). The maximum atomic E-state index is 12.2. The summed E-state index contributed by atoms with van der Waals surface area (Å²) in [5.74, 6) is -0.385. The van der Waals surface area contributed by atoms with Crippen LogP contribution in [0.1, 0.15) is 23.7 Å². The SMILES string of the molecule is C=CC[C@@H](OC(=O)c1ccccc1)[C@H](C)On1ccccc1=S. The van der Waals surface area contributed by atoms with E-state index < -0.39 is 6.10 Å². The number of esters is 1. The van der Waals surface area contributed by atoms with Gasteiger partial charge in [-0.1, -0.05) is 42.6 Å². The molecule has 0 bridgehead atoms. The molecule has 2 atom stereocenters. The average Bonchev–Trinajstić information content (AvgIpc) is 2.57. The summed E-state index contributed by atoms with van der Waals surface area (Å²) in [6.45, 7) is 5.55. The zero-order valence-corrected chi connectivity index (χ0v) is 13.7. The third-order valence-corrected chi connectivity index (χ3v) is 3.57. The second-order valence-electron chi connectivity index (χ2n) is 5.01. The lowest BCUT2D eigenvalue weighted by molar-refractivity contribution is -0.0501. The van der Waals surface area contributed by atoms with Crippen molar-refractivity contribution in [2.75, 3.05) is 0 Å². The van der Waals surface area contributed by atoms with E-state index in [0.29, 0.717) is 16.6 Å². The summed E-state index contributed by atoms with van der Waals surface area (Å²) in [5.41, 5.74) is 0.505. The maximum Gasteiger partial charge on any atom is 0.338 e. The molecule has 0 aliphatic heterocycles. The largest absolute Gasteiger partial charge is 0.454 e. The van der Waals surface area contributed by atoms with Crippen LogP contribution in [0.4, 0.5) is 0 Å². The Morgan fingerprint density at radius 2 is 1.96 bits per heavy atom. The van der Waals surface area contributed by atoms with Crippen molar-refractivity contribution in [1.82, 2.24) is 4.73 Å². The van der Waals surface area contributed by atoms with Gasteiger partial charge in [0, 0.05) is 12.6 Å². The summed E-state index contributed by atoms with van der Waals surface area (Å²) in [6, 6.07) is 14.3. The Bertz CT molecular complexity index is 711. The van der Waals surface area contributed by atoms with Gasteiger partial charge < -0.3 is 9.57 Å². The quantitative estimate of drug-likeness (QED) is 0.440. The molecule has 0 aliphatic rings. The monoisotopic (exact) mass is 329 g/mol. The first-order valence-electron chi connectivity index (χ1n) is 7.33. The lowest BCUT2D eigenvalue weighted by Crippen LogP contribution is -2.37. The molecule has 1 aromatic heterocycles. The minimum Gasteiger partial charge on any atom is -0.454 e. The van der Waals surface area contributed by atoms with Gasteiger partial charge in [0.2, 0.25) is 0 Å². The molecule has 0 amide bonds. The molecular weight excluding hydrogens is 310 g/mol. The van der Waals surface area contributed by atoms with Crippen LogP contribution in [-0.4, -0.2) is 22.9 Å². The number of ether oxygens (including phenoxy) is 1. The topological polar surface area (TPSA) is 40.5 Å². The molecule has 0 saturated carbocycles. The summed E-state index contributed by atoms with van der Waals surface area (Å²) in [4.78, 5) is 18.0. The summed E-state index contributed by atoms with van der Waals surface area (Å²) in [7, 11) is 0. The van der Waals surface area contributed by atoms with Crippen LogP contribution in [0.25, 0.3) is 0 Å². The van der Waals surface area contributed by atoms with Crippen LogP contribution >= 0.6 is 12.2 Å². The first kappa shape index (κ1) is 17.0. The molecule has 120 valence electrons. The van der Waals surface area contributed by atoms with Gasteiger partial charge in [-0.15, -0.1) is 6.58 Å². The number of pyridine rings is 1. The predicted octanol–water partition coefficient (Wildman–Crippen LogP) is 3.84. The van der Waals surface area contributed by atoms with Crippen LogP contribution < -0.4 is 4.84 Å². The van der Waals surface area contributed by atoms with Crippen LogP contribution in [0.5, 0.6) is 0 Å². The highest BCUT2D eigenvalue weighted by Crippen LogP contribution is 2.12. The molecule has 0 N–H and O–H groups in total. The zero-order valence-electron chi connectivity index (χ0n) is 12.9. The smallest absolute Gasteiger partial charge is 0.338 e. The van der Waals surface area contributed by atoms with Gasteiger partial charge in [0.15, 0.2) is 6.10 Å². The van der Waals surface area contributed by atoms with E-state index in [9.17, 15) is 4.79 Å². The number of hydrogen-bond donors (Lipinski definition) is 0. The molecule has 0 unspecified atom stereocenters. The molecule has 4 nitrogen and oxygen atoms in total. The van der Waals surface area contributed by atoms with Gasteiger partial charge in [0.05, 0.1) is 5.56 Å². The molecule has 0 aliphatic carbocycles. The first-order chi connectivity index (χ1) is 11.1. The van der Waals surface area contributed by atoms with Gasteiger partial charge in [-0.2, -0.15) is 4.73 Å². The number of carbonyl (C=O) groups excluding carboxylic acids is 1. The van der Waals surface area contributed by atoms with Crippen molar-refractivity contribution in [1.29, 1.82) is 0 Å². The fraction of sp³-hybridized carbons (Fsp3) is 0.222. The second kappa shape index (κ2) is 8.29. The number of nitrogens with zero attached hydrogens (tertiary/aromatic N) is 1. The van der Waals surface area contributed by atoms with Crippen LogP contribution in [0.3, 0.4) is 0 Å². The number of rotatable bonds is 7. The fourth-order valence-corrected chi connectivity index (χ4v) is 2.21. The Balaban J connectivity index is 2.08. The molecule has 0 saturated heterocycles. The molecule has 1 heterocycles. The van der Waals surface area contributed by atoms with Crippen LogP contribution in [0.15, 0.2) is 67.4 Å². The Kier molecular flexibility index (Phi) is 6.11. The van der Waals surface area contributed by atoms with Crippen molar-refractivity contribution in [3.8, 4) is 0 Å². The normalized spacial score (nSPS) is 12.9. The first-order valence-corrected chi connectivity index (χ1v) is 7.74. The Morgan fingerprint density at radius 3 is 2.61 bits per heavy atom. The van der Waals surface area contributed by atoms with Crippen LogP contribution in [0, 0.1) is 4.64 Å². The highest BCUT2D eigenvalue weighted by molar-refractivity contribution is 7.71. The summed E-state index contributed by atoms with van der Waals surface area (Å²) in [6.07, 6.45) is 3.08. The minimum atomic E-state index is -0.456. The Labute approximate surface area is 140 Å². The predicted molar refractivity (Wildman–Crippen MR) is 91.8 cm³/mol. The maximum absolute atomic E-state index is 12.2. The van der Waals surface area contributed by atoms with Crippen molar-refractivity contribution in [3.05, 3.63) is 77.6 Å². The molecular formula is C18H19NO3S. The third-order valence-electron chi connectivity index (χ3n) is 3.26. The van der Waals surface area contributed by atoms with Gasteiger partial charge in [0.1, 0.15) is 10.7 Å². The van der Waals surface area contributed by atoms with E-state index in [1.165, 1.54) is 4.73 Å². The van der Waals surface area contributed by atoms with Crippen molar-refractivity contribution in [2.45, 2.75) is 25.6 Å². The lowest BCUT2D eigenvalue weighted by Gasteiger charge is -2.24. The Morgan fingerprint density at radius 1 is 1.26 bits per heavy atom. The van der Waals surface area contributed by atoms with Crippen molar-refractivity contribution < 1.29 is 14.4 Å². The summed E-state index contributed by atoms with van der Waals surface area (Å²) in [5, 5.41) is 0. The van der Waals surface area contributed by atoms with E-state index in [4.69, 9.17) is 21.8 Å². The van der Waals surface area contributed by atoms with E-state index in [1.807, 2.05) is 25.1 Å². The third kappa shape index (κ3) is 4.79. The number of carbonyl (C=O) groups is 1. The Hall–Kier alpha value is -2.40. The van der Waals surface area contributed by atoms with E-state index in [2.05, 4.69) is 6.58 Å². The fourth-order valence-electron chi connectivity index (χ4n) is 2.03. The molecule has 0 spiro atoms. The van der Waals surface area contributed by atoms with Gasteiger partial charge in [-0.05, 0) is 31.2 Å². The van der Waals surface area contributed by atoms with Gasteiger partial charge >= 0.3 is 5.97 Å². The van der Waals surface area contributed by atoms with Crippen LogP contribution in [-0.2, 0) is 4.74 Å². The molecule has 23 heavy (non-hydrogen) atoms. The molecule has 0 fully saturated rings. The molecule has 0 radical (unpaired) electrons. The highest BCUT2D eigenvalue weighted by atomic mass is 32.1. The van der Waals surface area contributed by atoms with Gasteiger partial charge in [-0.3, -0.25) is 0 Å². The standard InChI is InChI=1S/C18H19NO3S/c1-3-9-16(21-18(20)15-10-5-4-6-11-15)14(2)22-19-13-8-7-12-17(19)23/h3-8,10-14,16H,1,9H2,2H3/t14-,16+/m0/s1. The second-order valence-corrected chi connectivity index (χ2v) is 5.43. The lowest BCUT2D eigenvalue weighted by atomic mass is 10.1. The van der Waals surface area contributed by atoms with E-state index in [-0.39, 0.29) is 12.1 Å².